The van der Waals surface area contributed by atoms with Gasteiger partial charge in [-0.15, -0.1) is 0 Å². The van der Waals surface area contributed by atoms with Crippen molar-refractivity contribution in [2.75, 3.05) is 0 Å². The molecular formula is C23H28NO2S+. The number of carbonyl (C=O) groups excluding carboxylic acids is 1. The highest BCUT2D eigenvalue weighted by Gasteiger charge is 2.17. The standard InChI is InChI=1S/C23H28NO2S/c1-2-3-4-5-6-7-14-24-15-9-11-20-10-8-12-21(23(20)24)26-22(25)17-19-13-16-27-18-19/h8-13,15-16,18H,2-7,14,17H2,1H3/q+1. The molecule has 0 bridgehead atoms. The number of benzene rings is 1. The Kier molecular flexibility index (Phi) is 7.40. The third-order valence-corrected chi connectivity index (χ3v) is 5.50. The van der Waals surface area contributed by atoms with Crippen molar-refractivity contribution in [1.29, 1.82) is 0 Å². The van der Waals surface area contributed by atoms with Gasteiger partial charge in [-0.25, -0.2) is 0 Å². The fraction of sp³-hybridized carbons (Fsp3) is 0.391. The molecule has 0 amide bonds. The average molecular weight is 383 g/mol. The van der Waals surface area contributed by atoms with Gasteiger partial charge >= 0.3 is 5.97 Å². The van der Waals surface area contributed by atoms with Crippen LogP contribution >= 0.6 is 11.3 Å². The zero-order chi connectivity index (χ0) is 18.9. The van der Waals surface area contributed by atoms with Crippen LogP contribution in [0.25, 0.3) is 10.9 Å². The molecule has 27 heavy (non-hydrogen) atoms. The van der Waals surface area contributed by atoms with Crippen molar-refractivity contribution >= 4 is 28.2 Å². The molecule has 0 radical (unpaired) electrons. The number of fused-ring (bicyclic) bond motifs is 1. The number of aromatic nitrogens is 1. The number of esters is 1. The van der Waals surface area contributed by atoms with Crippen molar-refractivity contribution in [2.24, 2.45) is 0 Å². The number of para-hydroxylation sites is 1. The monoisotopic (exact) mass is 382 g/mol. The molecule has 0 saturated carbocycles. The molecule has 0 spiro atoms. The highest BCUT2D eigenvalue weighted by molar-refractivity contribution is 7.08. The van der Waals surface area contributed by atoms with Crippen LogP contribution < -0.4 is 9.30 Å². The number of pyridine rings is 1. The average Bonchev–Trinajstić information content (AvgIpc) is 3.17. The number of hydrogen-bond donors (Lipinski definition) is 0. The maximum Gasteiger partial charge on any atom is 0.315 e. The Morgan fingerprint density at radius 2 is 1.85 bits per heavy atom. The summed E-state index contributed by atoms with van der Waals surface area (Å²) >= 11 is 1.60. The van der Waals surface area contributed by atoms with E-state index in [0.29, 0.717) is 12.2 Å². The number of unbranched alkanes of at least 4 members (excludes halogenated alkanes) is 5. The molecule has 0 saturated heterocycles. The van der Waals surface area contributed by atoms with E-state index in [2.05, 4.69) is 35.9 Å². The van der Waals surface area contributed by atoms with Crippen LogP contribution in [0.2, 0.25) is 0 Å². The van der Waals surface area contributed by atoms with Gasteiger partial charge in [-0.1, -0.05) is 38.7 Å². The molecule has 3 aromatic rings. The van der Waals surface area contributed by atoms with E-state index >= 15 is 0 Å². The maximum atomic E-state index is 12.4. The minimum Gasteiger partial charge on any atom is -0.419 e. The normalized spacial score (nSPS) is 11.0. The molecule has 2 aromatic heterocycles. The number of rotatable bonds is 10. The van der Waals surface area contributed by atoms with Gasteiger partial charge < -0.3 is 4.74 Å². The second kappa shape index (κ2) is 10.2. The van der Waals surface area contributed by atoms with Crippen LogP contribution in [0.4, 0.5) is 0 Å². The zero-order valence-corrected chi connectivity index (χ0v) is 16.8. The molecule has 3 rings (SSSR count). The molecule has 0 N–H and O–H groups in total. The van der Waals surface area contributed by atoms with E-state index in [9.17, 15) is 4.79 Å². The number of carbonyl (C=O) groups is 1. The molecule has 142 valence electrons. The molecule has 0 unspecified atom stereocenters. The Bertz CT molecular complexity index is 853. The fourth-order valence-corrected chi connectivity index (χ4v) is 4.02. The van der Waals surface area contributed by atoms with Crippen LogP contribution in [0.1, 0.15) is 51.0 Å². The second-order valence-electron chi connectivity index (χ2n) is 6.95. The molecule has 0 aliphatic heterocycles. The topological polar surface area (TPSA) is 30.2 Å². The van der Waals surface area contributed by atoms with Gasteiger partial charge in [0.2, 0.25) is 5.75 Å². The largest absolute Gasteiger partial charge is 0.419 e. The fourth-order valence-electron chi connectivity index (χ4n) is 3.36. The summed E-state index contributed by atoms with van der Waals surface area (Å²) in [6.07, 6.45) is 10.00. The Hall–Kier alpha value is -2.20. The summed E-state index contributed by atoms with van der Waals surface area (Å²) in [5.41, 5.74) is 2.01. The first-order chi connectivity index (χ1) is 13.3. The summed E-state index contributed by atoms with van der Waals surface area (Å²) in [4.78, 5) is 12.4. The number of hydrogen-bond acceptors (Lipinski definition) is 3. The van der Waals surface area contributed by atoms with E-state index in [1.54, 1.807) is 11.3 Å². The first kappa shape index (κ1) is 19.6. The van der Waals surface area contributed by atoms with Crippen molar-refractivity contribution < 1.29 is 14.1 Å². The molecule has 0 aliphatic carbocycles. The first-order valence-electron chi connectivity index (χ1n) is 9.91. The maximum absolute atomic E-state index is 12.4. The van der Waals surface area contributed by atoms with E-state index in [0.717, 1.165) is 29.4 Å². The Balaban J connectivity index is 1.70. The molecule has 4 heteroatoms. The molecule has 2 heterocycles. The quantitative estimate of drug-likeness (QED) is 0.195. The highest BCUT2D eigenvalue weighted by atomic mass is 32.1. The predicted molar refractivity (Wildman–Crippen MR) is 111 cm³/mol. The van der Waals surface area contributed by atoms with Gasteiger partial charge in [-0.3, -0.25) is 4.79 Å². The van der Waals surface area contributed by atoms with Crippen LogP contribution in [0.15, 0.2) is 53.4 Å². The summed E-state index contributed by atoms with van der Waals surface area (Å²) in [6.45, 7) is 3.19. The lowest BCUT2D eigenvalue weighted by molar-refractivity contribution is -0.672. The molecular weight excluding hydrogens is 354 g/mol. The summed E-state index contributed by atoms with van der Waals surface area (Å²) in [7, 11) is 0. The van der Waals surface area contributed by atoms with E-state index in [4.69, 9.17) is 4.74 Å². The van der Waals surface area contributed by atoms with Gasteiger partial charge in [-0.05, 0) is 47.0 Å². The van der Waals surface area contributed by atoms with Gasteiger partial charge in [0.1, 0.15) is 6.54 Å². The van der Waals surface area contributed by atoms with Crippen molar-refractivity contribution in [3.05, 3.63) is 58.9 Å². The number of thiophene rings is 1. The highest BCUT2D eigenvalue weighted by Crippen LogP contribution is 2.23. The van der Waals surface area contributed by atoms with Gasteiger partial charge in [0, 0.05) is 12.5 Å². The van der Waals surface area contributed by atoms with Crippen molar-refractivity contribution in [3.8, 4) is 5.75 Å². The van der Waals surface area contributed by atoms with Crippen LogP contribution in [-0.2, 0) is 17.8 Å². The van der Waals surface area contributed by atoms with E-state index < -0.39 is 0 Å². The molecule has 1 aromatic carbocycles. The summed E-state index contributed by atoms with van der Waals surface area (Å²) in [5, 5.41) is 5.07. The summed E-state index contributed by atoms with van der Waals surface area (Å²) < 4.78 is 7.97. The van der Waals surface area contributed by atoms with Crippen LogP contribution in [0.5, 0.6) is 5.75 Å². The van der Waals surface area contributed by atoms with Crippen molar-refractivity contribution in [3.63, 3.8) is 0 Å². The lowest BCUT2D eigenvalue weighted by Crippen LogP contribution is -2.34. The molecule has 0 aliphatic rings. The Labute approximate surface area is 165 Å². The first-order valence-corrected chi connectivity index (χ1v) is 10.8. The zero-order valence-electron chi connectivity index (χ0n) is 16.0. The van der Waals surface area contributed by atoms with Gasteiger partial charge in [0.05, 0.1) is 11.8 Å². The third kappa shape index (κ3) is 5.64. The lowest BCUT2D eigenvalue weighted by atomic mass is 10.1. The Morgan fingerprint density at radius 3 is 2.67 bits per heavy atom. The minimum absolute atomic E-state index is 0.212. The Morgan fingerprint density at radius 1 is 1.04 bits per heavy atom. The predicted octanol–water partition coefficient (Wildman–Crippen LogP) is 5.70. The molecule has 0 atom stereocenters. The second-order valence-corrected chi connectivity index (χ2v) is 7.73. The van der Waals surface area contributed by atoms with E-state index in [-0.39, 0.29) is 5.97 Å². The SMILES string of the molecule is CCCCCCCC[n+]1cccc2cccc(OC(=O)Cc3ccsc3)c21. The van der Waals surface area contributed by atoms with Crippen LogP contribution in [0.3, 0.4) is 0 Å². The number of aryl methyl sites for hydroxylation is 1. The van der Waals surface area contributed by atoms with Crippen molar-refractivity contribution in [2.45, 2.75) is 58.4 Å². The van der Waals surface area contributed by atoms with Gasteiger partial charge in [0.25, 0.3) is 5.52 Å². The van der Waals surface area contributed by atoms with E-state index in [1.807, 2.05) is 29.0 Å². The van der Waals surface area contributed by atoms with Crippen LogP contribution in [0, 0.1) is 0 Å². The van der Waals surface area contributed by atoms with Crippen LogP contribution in [-0.4, -0.2) is 5.97 Å². The van der Waals surface area contributed by atoms with Gasteiger partial charge in [-0.2, -0.15) is 15.9 Å². The lowest BCUT2D eigenvalue weighted by Gasteiger charge is -2.07. The van der Waals surface area contributed by atoms with E-state index in [1.165, 1.54) is 32.1 Å². The summed E-state index contributed by atoms with van der Waals surface area (Å²) in [6, 6.07) is 12.0. The molecule has 0 fully saturated rings. The smallest absolute Gasteiger partial charge is 0.315 e. The van der Waals surface area contributed by atoms with Crippen molar-refractivity contribution in [1.82, 2.24) is 0 Å². The number of nitrogens with zero attached hydrogens (tertiary/aromatic N) is 1. The summed E-state index contributed by atoms with van der Waals surface area (Å²) in [5.74, 6) is 0.440. The number of ether oxygens (including phenoxy) is 1. The third-order valence-electron chi connectivity index (χ3n) is 4.76. The molecule has 3 nitrogen and oxygen atoms in total. The van der Waals surface area contributed by atoms with Gasteiger partial charge in [0.15, 0.2) is 6.20 Å². The minimum atomic E-state index is -0.212.